The number of thioether (sulfide) groups is 1. The number of hydrogen-bond donors (Lipinski definition) is 2. The van der Waals surface area contributed by atoms with Gasteiger partial charge in [-0.15, -0.1) is 11.8 Å². The molecular weight excluding hydrogens is 250 g/mol. The number of fused-ring (bicyclic) bond motifs is 1. The Kier molecular flexibility index (Phi) is 3.88. The Bertz CT molecular complexity index is 490. The van der Waals surface area contributed by atoms with Gasteiger partial charge in [0.2, 0.25) is 11.8 Å². The summed E-state index contributed by atoms with van der Waals surface area (Å²) in [6.45, 7) is 0.437. The largest absolute Gasteiger partial charge is 0.399 e. The number of nitrogens with zero attached hydrogens (tertiary/aromatic N) is 1. The molecule has 1 aromatic carbocycles. The van der Waals surface area contributed by atoms with E-state index in [0.29, 0.717) is 24.3 Å². The summed E-state index contributed by atoms with van der Waals surface area (Å²) >= 11 is 1.43. The molecule has 18 heavy (non-hydrogen) atoms. The fourth-order valence-corrected chi connectivity index (χ4v) is 2.68. The Morgan fingerprint density at radius 1 is 1.44 bits per heavy atom. The predicted molar refractivity (Wildman–Crippen MR) is 72.4 cm³/mol. The molecule has 0 saturated heterocycles. The highest BCUT2D eigenvalue weighted by molar-refractivity contribution is 8.00. The van der Waals surface area contributed by atoms with E-state index < -0.39 is 0 Å². The molecule has 2 rings (SSSR count). The second-order valence-electron chi connectivity index (χ2n) is 4.03. The Balaban J connectivity index is 2.32. The lowest BCUT2D eigenvalue weighted by Gasteiger charge is -2.27. The van der Waals surface area contributed by atoms with Gasteiger partial charge in [-0.25, -0.2) is 4.90 Å². The highest BCUT2D eigenvalue weighted by atomic mass is 32.2. The SMILES string of the molecule is NCCCC(=O)N1C(=O)CSc2ccc(N)cc21. The number of benzene rings is 1. The molecule has 0 unspecified atom stereocenters. The second-order valence-corrected chi connectivity index (χ2v) is 5.05. The molecule has 0 atom stereocenters. The molecule has 0 aromatic heterocycles. The topological polar surface area (TPSA) is 89.4 Å². The van der Waals surface area contributed by atoms with Crippen LogP contribution in [0.25, 0.3) is 0 Å². The molecule has 1 aromatic rings. The summed E-state index contributed by atoms with van der Waals surface area (Å²) in [5, 5.41) is 0. The highest BCUT2D eigenvalue weighted by Crippen LogP contribution is 2.36. The maximum atomic E-state index is 12.0. The lowest BCUT2D eigenvalue weighted by atomic mass is 10.2. The van der Waals surface area contributed by atoms with Gasteiger partial charge in [0.25, 0.3) is 0 Å². The average Bonchev–Trinajstić information content (AvgIpc) is 2.35. The van der Waals surface area contributed by atoms with Gasteiger partial charge in [-0.2, -0.15) is 0 Å². The Morgan fingerprint density at radius 3 is 2.94 bits per heavy atom. The summed E-state index contributed by atoms with van der Waals surface area (Å²) in [4.78, 5) is 26.1. The van der Waals surface area contributed by atoms with Crippen molar-refractivity contribution in [1.82, 2.24) is 0 Å². The Hall–Kier alpha value is -1.53. The molecule has 0 bridgehead atoms. The fraction of sp³-hybridized carbons (Fsp3) is 0.333. The number of carbonyl (C=O) groups excluding carboxylic acids is 2. The van der Waals surface area contributed by atoms with E-state index in [1.165, 1.54) is 16.7 Å². The number of carbonyl (C=O) groups is 2. The van der Waals surface area contributed by atoms with Gasteiger partial charge in [0, 0.05) is 17.0 Å². The van der Waals surface area contributed by atoms with Gasteiger partial charge in [0.1, 0.15) is 0 Å². The Morgan fingerprint density at radius 2 is 2.22 bits per heavy atom. The van der Waals surface area contributed by atoms with Gasteiger partial charge in [0.05, 0.1) is 11.4 Å². The number of rotatable bonds is 3. The molecule has 1 aliphatic heterocycles. The molecule has 0 saturated carbocycles. The van der Waals surface area contributed by atoms with E-state index in [1.54, 1.807) is 12.1 Å². The van der Waals surface area contributed by atoms with E-state index in [-0.39, 0.29) is 24.0 Å². The minimum atomic E-state index is -0.211. The van der Waals surface area contributed by atoms with E-state index in [4.69, 9.17) is 11.5 Å². The maximum Gasteiger partial charge on any atom is 0.244 e. The third-order valence-corrected chi connectivity index (χ3v) is 3.72. The van der Waals surface area contributed by atoms with Crippen molar-refractivity contribution in [2.24, 2.45) is 5.73 Å². The summed E-state index contributed by atoms with van der Waals surface area (Å²) < 4.78 is 0. The second kappa shape index (κ2) is 5.41. The number of anilines is 2. The van der Waals surface area contributed by atoms with Crippen LogP contribution in [0, 0.1) is 0 Å². The van der Waals surface area contributed by atoms with Crippen LogP contribution in [0.15, 0.2) is 23.1 Å². The molecular formula is C12H15N3O2S. The summed E-state index contributed by atoms with van der Waals surface area (Å²) in [7, 11) is 0. The number of nitrogens with two attached hydrogens (primary N) is 2. The molecule has 96 valence electrons. The van der Waals surface area contributed by atoms with Crippen molar-refractivity contribution < 1.29 is 9.59 Å². The summed E-state index contributed by atoms with van der Waals surface area (Å²) in [6, 6.07) is 5.27. The molecule has 0 spiro atoms. The third kappa shape index (κ3) is 2.49. The monoisotopic (exact) mass is 265 g/mol. The standard InChI is InChI=1S/C12H15N3O2S/c13-5-1-2-11(16)15-9-6-8(14)3-4-10(9)18-7-12(15)17/h3-4,6H,1-2,5,7,13-14H2. The minimum absolute atomic E-state index is 0.194. The van der Waals surface area contributed by atoms with Crippen LogP contribution in [0.3, 0.4) is 0 Å². The van der Waals surface area contributed by atoms with E-state index >= 15 is 0 Å². The van der Waals surface area contributed by atoms with Crippen molar-refractivity contribution in [2.45, 2.75) is 17.7 Å². The summed E-state index contributed by atoms with van der Waals surface area (Å²) in [5.74, 6) is -0.122. The molecule has 1 aliphatic rings. The van der Waals surface area contributed by atoms with Crippen LogP contribution in [0.2, 0.25) is 0 Å². The van der Waals surface area contributed by atoms with Gasteiger partial charge in [-0.3, -0.25) is 9.59 Å². The Labute approximate surface area is 110 Å². The van der Waals surface area contributed by atoms with Gasteiger partial charge in [-0.05, 0) is 31.2 Å². The fourth-order valence-electron chi connectivity index (χ4n) is 1.81. The molecule has 0 radical (unpaired) electrons. The number of nitrogen functional groups attached to an aromatic ring is 1. The van der Waals surface area contributed by atoms with Crippen LogP contribution in [0.1, 0.15) is 12.8 Å². The maximum absolute atomic E-state index is 12.0. The first-order valence-corrected chi connectivity index (χ1v) is 6.70. The lowest BCUT2D eigenvalue weighted by Crippen LogP contribution is -2.40. The van der Waals surface area contributed by atoms with Crippen molar-refractivity contribution in [3.05, 3.63) is 18.2 Å². The van der Waals surface area contributed by atoms with Crippen LogP contribution in [-0.4, -0.2) is 24.1 Å². The van der Waals surface area contributed by atoms with Crippen molar-refractivity contribution in [3.63, 3.8) is 0 Å². The lowest BCUT2D eigenvalue weighted by molar-refractivity contribution is -0.125. The first kappa shape index (κ1) is 12.9. The molecule has 0 aliphatic carbocycles. The van der Waals surface area contributed by atoms with Crippen LogP contribution in [0.4, 0.5) is 11.4 Å². The first-order chi connectivity index (χ1) is 8.63. The van der Waals surface area contributed by atoms with E-state index in [9.17, 15) is 9.59 Å². The van der Waals surface area contributed by atoms with E-state index in [0.717, 1.165) is 4.90 Å². The van der Waals surface area contributed by atoms with Crippen molar-refractivity contribution >= 4 is 35.0 Å². The zero-order valence-corrected chi connectivity index (χ0v) is 10.7. The van der Waals surface area contributed by atoms with Gasteiger partial charge in [-0.1, -0.05) is 0 Å². The predicted octanol–water partition coefficient (Wildman–Crippen LogP) is 0.973. The highest BCUT2D eigenvalue weighted by Gasteiger charge is 2.29. The zero-order chi connectivity index (χ0) is 13.1. The van der Waals surface area contributed by atoms with Crippen LogP contribution < -0.4 is 16.4 Å². The van der Waals surface area contributed by atoms with Gasteiger partial charge < -0.3 is 11.5 Å². The molecule has 5 nitrogen and oxygen atoms in total. The average molecular weight is 265 g/mol. The van der Waals surface area contributed by atoms with E-state index in [1.807, 2.05) is 6.07 Å². The first-order valence-electron chi connectivity index (χ1n) is 5.71. The van der Waals surface area contributed by atoms with Gasteiger partial charge in [0.15, 0.2) is 0 Å². The number of imide groups is 1. The quantitative estimate of drug-likeness (QED) is 0.795. The van der Waals surface area contributed by atoms with Crippen molar-refractivity contribution in [3.8, 4) is 0 Å². The van der Waals surface area contributed by atoms with Crippen LogP contribution in [-0.2, 0) is 9.59 Å². The zero-order valence-electron chi connectivity index (χ0n) is 9.89. The third-order valence-electron chi connectivity index (χ3n) is 2.67. The smallest absolute Gasteiger partial charge is 0.244 e. The molecule has 4 N–H and O–H groups in total. The molecule has 1 heterocycles. The molecule has 2 amide bonds. The number of hydrogen-bond acceptors (Lipinski definition) is 5. The molecule has 0 fully saturated rings. The normalized spacial score (nSPS) is 14.5. The number of amides is 2. The molecule has 6 heteroatoms. The summed E-state index contributed by atoms with van der Waals surface area (Å²) in [6.07, 6.45) is 0.856. The summed E-state index contributed by atoms with van der Waals surface area (Å²) in [5.41, 5.74) is 12.2. The van der Waals surface area contributed by atoms with Crippen molar-refractivity contribution in [1.29, 1.82) is 0 Å². The van der Waals surface area contributed by atoms with Crippen LogP contribution >= 0.6 is 11.8 Å². The van der Waals surface area contributed by atoms with Crippen LogP contribution in [0.5, 0.6) is 0 Å². The van der Waals surface area contributed by atoms with Crippen molar-refractivity contribution in [2.75, 3.05) is 22.9 Å². The minimum Gasteiger partial charge on any atom is -0.399 e. The van der Waals surface area contributed by atoms with E-state index in [2.05, 4.69) is 0 Å². The van der Waals surface area contributed by atoms with Gasteiger partial charge >= 0.3 is 0 Å².